The summed E-state index contributed by atoms with van der Waals surface area (Å²) in [4.78, 5) is 51.8. The van der Waals surface area contributed by atoms with Gasteiger partial charge in [0, 0.05) is 48.4 Å². The number of nitrogens with two attached hydrogens (primary N) is 1. The van der Waals surface area contributed by atoms with Gasteiger partial charge in [-0.3, -0.25) is 14.4 Å². The zero-order valence-electron chi connectivity index (χ0n) is 35.0. The van der Waals surface area contributed by atoms with Crippen molar-refractivity contribution >= 4 is 40.8 Å². The number of nitrogens with zero attached hydrogens (tertiary/aromatic N) is 3. The van der Waals surface area contributed by atoms with Crippen LogP contribution in [0.2, 0.25) is 0 Å². The average molecular weight is 848 g/mol. The van der Waals surface area contributed by atoms with Crippen molar-refractivity contribution in [3.8, 4) is 10.6 Å². The summed E-state index contributed by atoms with van der Waals surface area (Å²) in [7, 11) is 0. The molecule has 2 aromatic heterocycles. The molecule has 16 nitrogen and oxygen atoms in total. The van der Waals surface area contributed by atoms with Crippen LogP contribution in [0.4, 0.5) is 11.8 Å². The lowest BCUT2D eigenvalue weighted by atomic mass is 10.00. The molecule has 2 aromatic carbocycles. The predicted octanol–water partition coefficient (Wildman–Crippen LogP) is 3.64. The Labute approximate surface area is 356 Å². The molecule has 8 N–H and O–H groups in total. The molecule has 3 amide bonds. The summed E-state index contributed by atoms with van der Waals surface area (Å²) < 4.78 is 16.7. The quantitative estimate of drug-likeness (QED) is 0.0406. The Balaban J connectivity index is 1.01. The maximum absolute atomic E-state index is 12.9. The van der Waals surface area contributed by atoms with Crippen molar-refractivity contribution in [2.24, 2.45) is 17.6 Å². The minimum Gasteiger partial charge on any atom is -0.382 e. The van der Waals surface area contributed by atoms with E-state index in [1.165, 1.54) is 11.3 Å². The number of carbonyl (C=O) groups is 3. The van der Waals surface area contributed by atoms with Crippen molar-refractivity contribution in [1.29, 1.82) is 0 Å². The minimum atomic E-state index is -1.46. The van der Waals surface area contributed by atoms with Crippen LogP contribution in [0.1, 0.15) is 55.7 Å². The Morgan fingerprint density at radius 2 is 1.45 bits per heavy atom. The highest BCUT2D eigenvalue weighted by molar-refractivity contribution is 7.13. The van der Waals surface area contributed by atoms with Gasteiger partial charge in [0.1, 0.15) is 23.0 Å². The molecule has 0 aliphatic rings. The van der Waals surface area contributed by atoms with Crippen LogP contribution in [0.15, 0.2) is 72.2 Å². The number of amides is 3. The monoisotopic (exact) mass is 847 g/mol. The van der Waals surface area contributed by atoms with Crippen molar-refractivity contribution in [3.63, 3.8) is 0 Å². The zero-order chi connectivity index (χ0) is 43.1. The second kappa shape index (κ2) is 26.2. The van der Waals surface area contributed by atoms with Crippen molar-refractivity contribution in [2.45, 2.75) is 65.3 Å². The van der Waals surface area contributed by atoms with Gasteiger partial charge in [-0.2, -0.15) is 4.98 Å². The first-order valence-corrected chi connectivity index (χ1v) is 21.3. The summed E-state index contributed by atoms with van der Waals surface area (Å²) in [6, 6.07) is 16.9. The van der Waals surface area contributed by atoms with Crippen molar-refractivity contribution < 1.29 is 33.7 Å². The van der Waals surface area contributed by atoms with Gasteiger partial charge in [0.15, 0.2) is 0 Å². The van der Waals surface area contributed by atoms with E-state index in [0.717, 1.165) is 34.2 Å². The molecule has 2 heterocycles. The van der Waals surface area contributed by atoms with Crippen LogP contribution in [0.3, 0.4) is 0 Å². The van der Waals surface area contributed by atoms with Crippen LogP contribution in [-0.4, -0.2) is 115 Å². The largest absolute Gasteiger partial charge is 0.382 e. The fourth-order valence-corrected chi connectivity index (χ4v) is 6.53. The molecule has 0 saturated heterocycles. The molecule has 0 fully saturated rings. The topological polar surface area (TPSA) is 224 Å². The van der Waals surface area contributed by atoms with E-state index >= 15 is 0 Å². The summed E-state index contributed by atoms with van der Waals surface area (Å²) in [5.41, 5.74) is 9.33. The molecule has 0 aliphatic carbocycles. The average Bonchev–Trinajstić information content (AvgIpc) is 3.72. The van der Waals surface area contributed by atoms with Crippen LogP contribution in [0.5, 0.6) is 0 Å². The molecule has 0 bridgehead atoms. The number of hydrogen-bond donors (Lipinski definition) is 7. The molecule has 3 unspecified atom stereocenters. The number of thiazole rings is 1. The number of carbonyl (C=O) groups excluding carboxylic acids is 3. The zero-order valence-corrected chi connectivity index (χ0v) is 35.8. The highest BCUT2D eigenvalue weighted by atomic mass is 32.1. The number of aliphatic hydroxyl groups excluding tert-OH is 1. The molecule has 4 aromatic rings. The van der Waals surface area contributed by atoms with E-state index in [1.807, 2.05) is 67.8 Å². The number of ether oxygens (including phenoxy) is 3. The molecule has 4 rings (SSSR count). The fourth-order valence-electron chi connectivity index (χ4n) is 5.71. The smallest absolute Gasteiger partial charge is 0.251 e. The molecule has 3 atom stereocenters. The standard InChI is InChI=1S/C43H61N9O7S/c1-29(2)24-36(51-41(56)38(53)35(44)25-31-8-6-5-7-9-31)40(55)46-17-19-58-21-23-59-22-20-57-18-16-45-39(54)32-10-12-33(13-11-32)42-50-34(28-60-42)27-49-43-47-15-14-37(52-43)48-26-30(3)4/h5-15,28-30,35-36,38,53H,16-27,44H2,1-4H3,(H,45,54)(H,46,55)(H,51,56)(H2,47,48,49,52). The first kappa shape index (κ1) is 47.6. The molecule has 60 heavy (non-hydrogen) atoms. The predicted molar refractivity (Wildman–Crippen MR) is 234 cm³/mol. The molecule has 0 radical (unpaired) electrons. The van der Waals surface area contributed by atoms with Gasteiger partial charge in [0.2, 0.25) is 11.9 Å². The third-order valence-corrected chi connectivity index (χ3v) is 9.81. The fraction of sp³-hybridized carbons (Fsp3) is 0.488. The number of aromatic nitrogens is 3. The van der Waals surface area contributed by atoms with Crippen LogP contribution in [0.25, 0.3) is 10.6 Å². The van der Waals surface area contributed by atoms with E-state index in [2.05, 4.69) is 50.4 Å². The first-order chi connectivity index (χ1) is 29.0. The summed E-state index contributed by atoms with van der Waals surface area (Å²) >= 11 is 1.53. The second-order valence-electron chi connectivity index (χ2n) is 15.0. The Morgan fingerprint density at radius 1 is 0.783 bits per heavy atom. The van der Waals surface area contributed by atoms with E-state index < -0.39 is 24.1 Å². The minimum absolute atomic E-state index is 0.125. The lowest BCUT2D eigenvalue weighted by Crippen LogP contribution is -2.54. The van der Waals surface area contributed by atoms with E-state index in [-0.39, 0.29) is 30.9 Å². The lowest BCUT2D eigenvalue weighted by Gasteiger charge is -2.24. The molecule has 0 aliphatic heterocycles. The van der Waals surface area contributed by atoms with Crippen LogP contribution in [-0.2, 0) is 36.8 Å². The molecular formula is C43H61N9O7S. The number of anilines is 2. The maximum Gasteiger partial charge on any atom is 0.251 e. The molecule has 0 spiro atoms. The Hall–Kier alpha value is -5.04. The summed E-state index contributed by atoms with van der Waals surface area (Å²) in [5, 5.41) is 28.2. The molecular weight excluding hydrogens is 787 g/mol. The SMILES string of the molecule is CC(C)CNc1ccnc(NCc2csc(-c3ccc(C(=O)NCCOCCOCCOCCNC(=O)C(CC(C)C)NC(=O)C(O)C(N)Cc4ccccc4)cc3)n2)n1. The number of benzene rings is 2. The third-order valence-electron chi connectivity index (χ3n) is 8.87. The van der Waals surface area contributed by atoms with Crippen molar-refractivity contribution in [3.05, 3.63) is 89.1 Å². The van der Waals surface area contributed by atoms with Gasteiger partial charge in [0.25, 0.3) is 11.8 Å². The molecule has 326 valence electrons. The van der Waals surface area contributed by atoms with Crippen molar-refractivity contribution in [1.82, 2.24) is 30.9 Å². The summed E-state index contributed by atoms with van der Waals surface area (Å²) in [6.45, 7) is 12.1. The highest BCUT2D eigenvalue weighted by Crippen LogP contribution is 2.24. The van der Waals surface area contributed by atoms with Crippen LogP contribution < -0.4 is 32.3 Å². The Bertz CT molecular complexity index is 1860. The highest BCUT2D eigenvalue weighted by Gasteiger charge is 2.28. The molecule has 17 heteroatoms. The third kappa shape index (κ3) is 17.7. The summed E-state index contributed by atoms with van der Waals surface area (Å²) in [5.74, 6) is 0.710. The molecule has 0 saturated carbocycles. The van der Waals surface area contributed by atoms with E-state index in [4.69, 9.17) is 24.9 Å². The number of hydrogen-bond acceptors (Lipinski definition) is 14. The number of aliphatic hydroxyl groups is 1. The van der Waals surface area contributed by atoms with Gasteiger partial charge in [-0.1, -0.05) is 70.2 Å². The second-order valence-corrected chi connectivity index (χ2v) is 15.8. The van der Waals surface area contributed by atoms with Gasteiger partial charge < -0.3 is 51.6 Å². The van der Waals surface area contributed by atoms with E-state index in [1.54, 1.807) is 18.3 Å². The normalized spacial score (nSPS) is 12.8. The van der Waals surface area contributed by atoms with Gasteiger partial charge in [-0.05, 0) is 48.4 Å². The van der Waals surface area contributed by atoms with E-state index in [9.17, 15) is 19.5 Å². The Morgan fingerprint density at radius 3 is 2.12 bits per heavy atom. The van der Waals surface area contributed by atoms with Gasteiger partial charge in [-0.25, -0.2) is 9.97 Å². The van der Waals surface area contributed by atoms with Gasteiger partial charge in [-0.15, -0.1) is 11.3 Å². The van der Waals surface area contributed by atoms with Crippen LogP contribution >= 0.6 is 11.3 Å². The lowest BCUT2D eigenvalue weighted by molar-refractivity contribution is -0.135. The first-order valence-electron chi connectivity index (χ1n) is 20.4. The number of nitrogens with one attached hydrogen (secondary N) is 5. The van der Waals surface area contributed by atoms with E-state index in [0.29, 0.717) is 76.4 Å². The maximum atomic E-state index is 12.9. The van der Waals surface area contributed by atoms with Gasteiger partial charge >= 0.3 is 0 Å². The number of rotatable bonds is 28. The summed E-state index contributed by atoms with van der Waals surface area (Å²) in [6.07, 6.45) is 0.984. The van der Waals surface area contributed by atoms with Crippen molar-refractivity contribution in [2.75, 3.05) is 69.9 Å². The Kier molecular flexibility index (Phi) is 20.8. The van der Waals surface area contributed by atoms with Gasteiger partial charge in [0.05, 0.1) is 51.9 Å². The van der Waals surface area contributed by atoms with Crippen LogP contribution in [0, 0.1) is 11.8 Å².